The van der Waals surface area contributed by atoms with Gasteiger partial charge in [0.2, 0.25) is 11.6 Å². The summed E-state index contributed by atoms with van der Waals surface area (Å²) >= 11 is 9.17. The quantitative estimate of drug-likeness (QED) is 0.155. The van der Waals surface area contributed by atoms with Crippen LogP contribution in [0.1, 0.15) is 57.6 Å². The van der Waals surface area contributed by atoms with Crippen LogP contribution in [0.5, 0.6) is 11.5 Å². The first-order valence-corrected chi connectivity index (χ1v) is 10.3. The zero-order valence-corrected chi connectivity index (χ0v) is 20.0. The number of pyridine rings is 1. The Balaban J connectivity index is 2.55. The van der Waals surface area contributed by atoms with Crippen LogP contribution < -0.4 is 9.47 Å². The third kappa shape index (κ3) is 5.86. The lowest BCUT2D eigenvalue weighted by molar-refractivity contribution is -0.607. The zero-order valence-electron chi connectivity index (χ0n) is 17.6. The number of benzene rings is 1. The fourth-order valence-electron chi connectivity index (χ4n) is 2.20. The molecule has 0 aliphatic heterocycles. The monoisotopic (exact) mass is 498 g/mol. The molecule has 1 heterocycles. The number of rotatable bonds is 4. The second-order valence-corrected chi connectivity index (χ2v) is 9.87. The van der Waals surface area contributed by atoms with Crippen molar-refractivity contribution >= 4 is 39.2 Å². The summed E-state index contributed by atoms with van der Waals surface area (Å²) in [5.41, 5.74) is -1.56. The van der Waals surface area contributed by atoms with E-state index in [-0.39, 0.29) is 33.7 Å². The molecule has 1 aromatic carbocycles. The average Bonchev–Trinajstić information content (AvgIpc) is 2.59. The molecule has 0 amide bonds. The Bertz CT molecular complexity index is 994. The predicted octanol–water partition coefficient (Wildman–Crippen LogP) is 5.23. The lowest BCUT2D eigenvalue weighted by Crippen LogP contribution is -2.37. The molecule has 162 valence electrons. The van der Waals surface area contributed by atoms with Gasteiger partial charge in [0, 0.05) is 22.0 Å². The van der Waals surface area contributed by atoms with Crippen molar-refractivity contribution in [2.24, 2.45) is 10.6 Å². The SMILES string of the molecule is CC(C)(C)ON=C(Oc1ccc[n+]([O-])c1C(=O)c1cc(Br)c(Cl)cc1O)C(C)(C)C. The third-order valence-corrected chi connectivity index (χ3v) is 4.87. The summed E-state index contributed by atoms with van der Waals surface area (Å²) in [6, 6.07) is 5.48. The van der Waals surface area contributed by atoms with Crippen molar-refractivity contribution in [3.05, 3.63) is 56.4 Å². The Labute approximate surface area is 189 Å². The van der Waals surface area contributed by atoms with Crippen LogP contribution in [-0.2, 0) is 4.84 Å². The van der Waals surface area contributed by atoms with Gasteiger partial charge in [-0.3, -0.25) is 4.79 Å². The summed E-state index contributed by atoms with van der Waals surface area (Å²) in [6.07, 6.45) is 1.17. The van der Waals surface area contributed by atoms with Crippen LogP contribution in [0.25, 0.3) is 0 Å². The van der Waals surface area contributed by atoms with Gasteiger partial charge in [0.25, 0.3) is 5.78 Å². The maximum absolute atomic E-state index is 13.1. The highest BCUT2D eigenvalue weighted by Crippen LogP contribution is 2.33. The van der Waals surface area contributed by atoms with E-state index < -0.39 is 16.8 Å². The highest BCUT2D eigenvalue weighted by Gasteiger charge is 2.31. The van der Waals surface area contributed by atoms with E-state index in [2.05, 4.69) is 21.1 Å². The zero-order chi connectivity index (χ0) is 22.9. The Morgan fingerprint density at radius 1 is 1.23 bits per heavy atom. The Hall–Kier alpha value is -2.32. The second kappa shape index (κ2) is 8.81. The molecule has 1 N–H and O–H groups in total. The van der Waals surface area contributed by atoms with Crippen LogP contribution in [0, 0.1) is 10.6 Å². The lowest BCUT2D eigenvalue weighted by atomic mass is 9.96. The first kappa shape index (κ1) is 24.0. The highest BCUT2D eigenvalue weighted by molar-refractivity contribution is 9.10. The number of nitrogens with zero attached hydrogens (tertiary/aromatic N) is 2. The van der Waals surface area contributed by atoms with Crippen molar-refractivity contribution in [1.29, 1.82) is 0 Å². The maximum atomic E-state index is 13.1. The molecule has 0 aliphatic rings. The largest absolute Gasteiger partial charge is 0.618 e. The van der Waals surface area contributed by atoms with E-state index in [1.165, 1.54) is 30.5 Å². The fraction of sp³-hybridized carbons (Fsp3) is 0.381. The van der Waals surface area contributed by atoms with Gasteiger partial charge >= 0.3 is 5.69 Å². The van der Waals surface area contributed by atoms with Gasteiger partial charge in [-0.15, -0.1) is 0 Å². The summed E-state index contributed by atoms with van der Waals surface area (Å²) in [4.78, 5) is 18.6. The molecule has 0 saturated heterocycles. The molecular weight excluding hydrogens is 476 g/mol. The molecule has 1 aromatic heterocycles. The van der Waals surface area contributed by atoms with E-state index in [9.17, 15) is 15.1 Å². The van der Waals surface area contributed by atoms with Crippen molar-refractivity contribution in [3.8, 4) is 11.5 Å². The fourth-order valence-corrected chi connectivity index (χ4v) is 2.70. The normalized spacial score (nSPS) is 12.6. The van der Waals surface area contributed by atoms with Crippen LogP contribution in [0.4, 0.5) is 0 Å². The van der Waals surface area contributed by atoms with Gasteiger partial charge in [-0.05, 0) is 48.8 Å². The number of ether oxygens (including phenoxy) is 1. The topological polar surface area (TPSA) is 95.1 Å². The van der Waals surface area contributed by atoms with Crippen LogP contribution in [0.3, 0.4) is 0 Å². The number of halogens is 2. The first-order valence-electron chi connectivity index (χ1n) is 9.10. The van der Waals surface area contributed by atoms with E-state index in [4.69, 9.17) is 21.2 Å². The summed E-state index contributed by atoms with van der Waals surface area (Å²) in [7, 11) is 0. The third-order valence-electron chi connectivity index (χ3n) is 3.67. The molecule has 0 atom stereocenters. The minimum Gasteiger partial charge on any atom is -0.618 e. The molecule has 0 unspecified atom stereocenters. The van der Waals surface area contributed by atoms with Crippen LogP contribution in [0.2, 0.25) is 5.02 Å². The molecule has 0 bridgehead atoms. The molecule has 2 aromatic rings. The van der Waals surface area contributed by atoms with Gasteiger partial charge in [0.15, 0.2) is 6.20 Å². The van der Waals surface area contributed by atoms with E-state index in [1.54, 1.807) is 0 Å². The smallest absolute Gasteiger partial charge is 0.308 e. The summed E-state index contributed by atoms with van der Waals surface area (Å²) in [6.45, 7) is 11.1. The number of phenolic OH excluding ortho intramolecular Hbond substituents is 1. The van der Waals surface area contributed by atoms with Crippen molar-refractivity contribution in [2.45, 2.75) is 47.1 Å². The number of oxime groups is 1. The number of carbonyl (C=O) groups is 1. The average molecular weight is 500 g/mol. The van der Waals surface area contributed by atoms with E-state index in [0.717, 1.165) is 0 Å². The lowest BCUT2D eigenvalue weighted by Gasteiger charge is -2.23. The van der Waals surface area contributed by atoms with Gasteiger partial charge in [-0.1, -0.05) is 37.5 Å². The van der Waals surface area contributed by atoms with Crippen LogP contribution >= 0.6 is 27.5 Å². The molecule has 7 nitrogen and oxygen atoms in total. The first-order chi connectivity index (χ1) is 13.7. The van der Waals surface area contributed by atoms with Crippen molar-refractivity contribution in [3.63, 3.8) is 0 Å². The minimum absolute atomic E-state index is 0.0193. The number of carbonyl (C=O) groups excluding carboxylic acids is 1. The van der Waals surface area contributed by atoms with Crippen molar-refractivity contribution in [1.82, 2.24) is 0 Å². The van der Waals surface area contributed by atoms with E-state index in [1.807, 2.05) is 41.5 Å². The molecule has 0 saturated carbocycles. The Morgan fingerprint density at radius 3 is 2.43 bits per heavy atom. The van der Waals surface area contributed by atoms with Crippen molar-refractivity contribution < 1.29 is 24.2 Å². The van der Waals surface area contributed by atoms with Gasteiger partial charge in [0.1, 0.15) is 11.4 Å². The van der Waals surface area contributed by atoms with Crippen LogP contribution in [-0.4, -0.2) is 22.4 Å². The number of hydrogen-bond donors (Lipinski definition) is 1. The molecule has 30 heavy (non-hydrogen) atoms. The summed E-state index contributed by atoms with van der Waals surface area (Å²) in [5.74, 6) is -0.933. The van der Waals surface area contributed by atoms with Crippen LogP contribution in [0.15, 0.2) is 40.1 Å². The number of aromatic nitrogens is 1. The molecule has 0 spiro atoms. The number of phenols is 1. The van der Waals surface area contributed by atoms with E-state index >= 15 is 0 Å². The van der Waals surface area contributed by atoms with Gasteiger partial charge in [-0.25, -0.2) is 0 Å². The molecule has 0 radical (unpaired) electrons. The molecule has 0 fully saturated rings. The second-order valence-electron chi connectivity index (χ2n) is 8.61. The maximum Gasteiger partial charge on any atom is 0.308 e. The molecule has 9 heteroatoms. The van der Waals surface area contributed by atoms with Crippen molar-refractivity contribution in [2.75, 3.05) is 0 Å². The Kier molecular flexibility index (Phi) is 7.04. The molecular formula is C21H24BrClN2O5. The predicted molar refractivity (Wildman–Crippen MR) is 118 cm³/mol. The van der Waals surface area contributed by atoms with E-state index in [0.29, 0.717) is 9.20 Å². The van der Waals surface area contributed by atoms with Gasteiger partial charge < -0.3 is 19.9 Å². The van der Waals surface area contributed by atoms with Gasteiger partial charge in [-0.2, -0.15) is 4.73 Å². The summed E-state index contributed by atoms with van der Waals surface area (Å²) in [5, 5.41) is 27.0. The van der Waals surface area contributed by atoms with Gasteiger partial charge in [0.05, 0.1) is 10.6 Å². The number of ketones is 1. The minimum atomic E-state index is -0.736. The Morgan fingerprint density at radius 2 is 1.87 bits per heavy atom. The summed E-state index contributed by atoms with van der Waals surface area (Å²) < 4.78 is 6.67. The standard InChI is InChI=1S/C21H24BrClN2O5/c1-20(2,3)19(24-30-21(4,5)6)29-16-8-7-9-25(28)17(16)18(27)12-10-13(22)14(23)11-15(12)26/h7-11,26H,1-6H3. The molecule has 2 rings (SSSR count). The molecule has 0 aliphatic carbocycles. The number of aromatic hydroxyl groups is 1. The highest BCUT2D eigenvalue weighted by atomic mass is 79.9. The number of hydrogen-bond acceptors (Lipinski definition) is 6.